The number of aromatic nitrogens is 2. The Kier molecular flexibility index (Phi) is 5.99. The van der Waals surface area contributed by atoms with Gasteiger partial charge in [-0.25, -0.2) is 9.97 Å². The quantitative estimate of drug-likeness (QED) is 0.595. The molecule has 0 aliphatic rings. The van der Waals surface area contributed by atoms with Crippen molar-refractivity contribution in [3.8, 4) is 5.75 Å². The van der Waals surface area contributed by atoms with Crippen molar-refractivity contribution in [2.75, 3.05) is 29.6 Å². The number of hydrogen-bond acceptors (Lipinski definition) is 6. The molecule has 3 aromatic rings. The Labute approximate surface area is 166 Å². The lowest BCUT2D eigenvalue weighted by Gasteiger charge is -2.14. The molecule has 146 valence electrons. The van der Waals surface area contributed by atoms with Gasteiger partial charge in [-0.3, -0.25) is 0 Å². The number of nitrogens with one attached hydrogen (secondary N) is 2. The van der Waals surface area contributed by atoms with Crippen LogP contribution in [-0.4, -0.2) is 30.2 Å². The number of benzene rings is 2. The fraction of sp³-hybridized carbons (Fsp3) is 0.273. The molecule has 1 heterocycles. The van der Waals surface area contributed by atoms with Gasteiger partial charge in [0, 0.05) is 37.2 Å². The van der Waals surface area contributed by atoms with Crippen molar-refractivity contribution in [2.45, 2.75) is 26.9 Å². The van der Waals surface area contributed by atoms with Crippen LogP contribution in [0.1, 0.15) is 19.7 Å². The van der Waals surface area contributed by atoms with Crippen LogP contribution in [0.5, 0.6) is 5.75 Å². The van der Waals surface area contributed by atoms with Crippen LogP contribution in [0.4, 0.5) is 28.7 Å². The molecule has 28 heavy (non-hydrogen) atoms. The second kappa shape index (κ2) is 8.61. The van der Waals surface area contributed by atoms with E-state index in [9.17, 15) is 0 Å². The largest absolute Gasteiger partial charge is 0.491 e. The molecule has 0 unspecified atom stereocenters. The number of nitrogens with zero attached hydrogens (tertiary/aromatic N) is 3. The van der Waals surface area contributed by atoms with Crippen LogP contribution < -0.4 is 20.3 Å². The highest BCUT2D eigenvalue weighted by molar-refractivity contribution is 5.65. The normalized spacial score (nSPS) is 10.6. The third kappa shape index (κ3) is 5.36. The highest BCUT2D eigenvalue weighted by Gasteiger charge is 2.05. The number of rotatable bonds is 7. The molecule has 0 aliphatic heterocycles. The maximum absolute atomic E-state index is 5.68. The summed E-state index contributed by atoms with van der Waals surface area (Å²) in [6.45, 7) is 5.90. The van der Waals surface area contributed by atoms with Crippen molar-refractivity contribution in [3.63, 3.8) is 0 Å². The molecule has 0 fully saturated rings. The van der Waals surface area contributed by atoms with Gasteiger partial charge in [-0.15, -0.1) is 0 Å². The summed E-state index contributed by atoms with van der Waals surface area (Å²) < 4.78 is 5.68. The van der Waals surface area contributed by atoms with Crippen LogP contribution in [0.2, 0.25) is 0 Å². The van der Waals surface area contributed by atoms with E-state index in [1.54, 1.807) is 0 Å². The van der Waals surface area contributed by atoms with E-state index in [0.717, 1.165) is 34.4 Å². The molecule has 0 radical (unpaired) electrons. The van der Waals surface area contributed by atoms with E-state index in [1.807, 2.05) is 77.3 Å². The molecule has 0 aliphatic carbocycles. The van der Waals surface area contributed by atoms with Gasteiger partial charge in [-0.05, 0) is 69.3 Å². The molecular formula is C22H27N5O. The number of aryl methyl sites for hydroxylation is 1. The van der Waals surface area contributed by atoms with E-state index in [-0.39, 0.29) is 6.10 Å². The number of ether oxygens (including phenoxy) is 1. The lowest BCUT2D eigenvalue weighted by atomic mass is 10.2. The minimum absolute atomic E-state index is 0.156. The molecule has 0 amide bonds. The summed E-state index contributed by atoms with van der Waals surface area (Å²) in [6.07, 6.45) is 0.156. The minimum Gasteiger partial charge on any atom is -0.491 e. The Balaban J connectivity index is 1.72. The zero-order valence-corrected chi connectivity index (χ0v) is 17.0. The average Bonchev–Trinajstić information content (AvgIpc) is 2.63. The van der Waals surface area contributed by atoms with Gasteiger partial charge in [0.15, 0.2) is 0 Å². The fourth-order valence-electron chi connectivity index (χ4n) is 2.72. The lowest BCUT2D eigenvalue weighted by molar-refractivity contribution is 0.242. The van der Waals surface area contributed by atoms with Crippen LogP contribution in [0.3, 0.4) is 0 Å². The minimum atomic E-state index is 0.156. The first-order valence-electron chi connectivity index (χ1n) is 9.33. The van der Waals surface area contributed by atoms with Crippen LogP contribution in [0, 0.1) is 6.92 Å². The number of anilines is 5. The summed E-state index contributed by atoms with van der Waals surface area (Å²) in [6, 6.07) is 17.9. The maximum atomic E-state index is 5.68. The Morgan fingerprint density at radius 3 is 1.79 bits per heavy atom. The summed E-state index contributed by atoms with van der Waals surface area (Å²) in [7, 11) is 4.05. The molecule has 6 heteroatoms. The first-order valence-corrected chi connectivity index (χ1v) is 9.33. The molecule has 0 atom stereocenters. The second-order valence-corrected chi connectivity index (χ2v) is 7.07. The van der Waals surface area contributed by atoms with Crippen LogP contribution in [0.25, 0.3) is 0 Å². The van der Waals surface area contributed by atoms with Crippen molar-refractivity contribution in [1.29, 1.82) is 0 Å². The highest BCUT2D eigenvalue weighted by atomic mass is 16.5. The second-order valence-electron chi connectivity index (χ2n) is 7.07. The smallest absolute Gasteiger partial charge is 0.136 e. The van der Waals surface area contributed by atoms with Crippen molar-refractivity contribution >= 4 is 28.7 Å². The van der Waals surface area contributed by atoms with Gasteiger partial charge in [0.1, 0.15) is 23.2 Å². The Morgan fingerprint density at radius 1 is 0.821 bits per heavy atom. The van der Waals surface area contributed by atoms with E-state index in [0.29, 0.717) is 5.82 Å². The molecule has 6 nitrogen and oxygen atoms in total. The maximum Gasteiger partial charge on any atom is 0.136 e. The standard InChI is InChI=1S/C22H27N5O/c1-15(2)28-20-12-8-18(9-13-20)26-22-14-21(23-16(3)24-22)25-17-6-10-19(11-7-17)27(4)5/h6-15H,1-5H3,(H2,23,24,25,26). The van der Waals surface area contributed by atoms with E-state index in [4.69, 9.17) is 4.74 Å². The Hall–Kier alpha value is -3.28. The molecule has 0 saturated heterocycles. The van der Waals surface area contributed by atoms with Gasteiger partial charge < -0.3 is 20.3 Å². The lowest BCUT2D eigenvalue weighted by Crippen LogP contribution is -2.08. The average molecular weight is 377 g/mol. The van der Waals surface area contributed by atoms with Crippen LogP contribution in [0.15, 0.2) is 54.6 Å². The van der Waals surface area contributed by atoms with Gasteiger partial charge in [-0.1, -0.05) is 0 Å². The fourth-order valence-corrected chi connectivity index (χ4v) is 2.72. The van der Waals surface area contributed by atoms with Crippen LogP contribution >= 0.6 is 0 Å². The molecular weight excluding hydrogens is 350 g/mol. The summed E-state index contributed by atoms with van der Waals surface area (Å²) in [5, 5.41) is 6.66. The first kappa shape index (κ1) is 19.5. The van der Waals surface area contributed by atoms with Crippen molar-refractivity contribution in [1.82, 2.24) is 9.97 Å². The SMILES string of the molecule is Cc1nc(Nc2ccc(OC(C)C)cc2)cc(Nc2ccc(N(C)C)cc2)n1. The van der Waals surface area contributed by atoms with Crippen molar-refractivity contribution in [3.05, 3.63) is 60.4 Å². The van der Waals surface area contributed by atoms with E-state index < -0.39 is 0 Å². The molecule has 1 aromatic heterocycles. The molecule has 2 aromatic carbocycles. The molecule has 3 rings (SSSR count). The summed E-state index contributed by atoms with van der Waals surface area (Å²) in [5.74, 6) is 3.02. The number of hydrogen-bond donors (Lipinski definition) is 2. The van der Waals surface area contributed by atoms with E-state index in [2.05, 4.69) is 37.6 Å². The van der Waals surface area contributed by atoms with Crippen molar-refractivity contribution in [2.24, 2.45) is 0 Å². The zero-order chi connectivity index (χ0) is 20.1. The van der Waals surface area contributed by atoms with E-state index in [1.165, 1.54) is 0 Å². The summed E-state index contributed by atoms with van der Waals surface area (Å²) >= 11 is 0. The third-order valence-electron chi connectivity index (χ3n) is 3.99. The van der Waals surface area contributed by atoms with Crippen LogP contribution in [-0.2, 0) is 0 Å². The molecule has 0 saturated carbocycles. The third-order valence-corrected chi connectivity index (χ3v) is 3.99. The summed E-state index contributed by atoms with van der Waals surface area (Å²) in [5.41, 5.74) is 3.07. The first-order chi connectivity index (χ1) is 13.4. The van der Waals surface area contributed by atoms with Gasteiger partial charge in [0.2, 0.25) is 0 Å². The monoisotopic (exact) mass is 377 g/mol. The Bertz CT molecular complexity index is 905. The molecule has 2 N–H and O–H groups in total. The van der Waals surface area contributed by atoms with E-state index >= 15 is 0 Å². The predicted molar refractivity (Wildman–Crippen MR) is 116 cm³/mol. The summed E-state index contributed by atoms with van der Waals surface area (Å²) in [4.78, 5) is 11.0. The van der Waals surface area contributed by atoms with Gasteiger partial charge >= 0.3 is 0 Å². The topological polar surface area (TPSA) is 62.3 Å². The molecule has 0 bridgehead atoms. The zero-order valence-electron chi connectivity index (χ0n) is 17.0. The Morgan fingerprint density at radius 2 is 1.32 bits per heavy atom. The highest BCUT2D eigenvalue weighted by Crippen LogP contribution is 2.23. The van der Waals surface area contributed by atoms with Crippen molar-refractivity contribution < 1.29 is 4.74 Å². The van der Waals surface area contributed by atoms with Gasteiger partial charge in [0.25, 0.3) is 0 Å². The molecule has 0 spiro atoms. The van der Waals surface area contributed by atoms with Gasteiger partial charge in [0.05, 0.1) is 6.10 Å². The van der Waals surface area contributed by atoms with Gasteiger partial charge in [-0.2, -0.15) is 0 Å². The predicted octanol–water partition coefficient (Wildman–Crippen LogP) is 5.13.